The Morgan fingerprint density at radius 1 is 0.636 bits per heavy atom. The Balaban J connectivity index is 4.58. The Hall–Kier alpha value is 0.540. The number of aliphatic hydroxyl groups excluding tert-OH is 4. The molecule has 4 nitrogen and oxygen atoms in total. The Morgan fingerprint density at radius 2 is 1.05 bits per heavy atom. The standard InChI is InChI=1S/C16H34O4S2/c1-10(2)6-8-21-16(22-9-7-11(3)4)15(20)14(19)13(18)12(5)17/h10-20H,6-9H2,1-5H3/t12-,13+,14+,15-/m0/s1. The van der Waals surface area contributed by atoms with Gasteiger partial charge in [-0.1, -0.05) is 27.7 Å². The second kappa shape index (κ2) is 12.0. The molecule has 0 aromatic rings. The third kappa shape index (κ3) is 9.63. The van der Waals surface area contributed by atoms with E-state index in [0.717, 1.165) is 24.3 Å². The molecule has 0 heterocycles. The highest BCUT2D eigenvalue weighted by Gasteiger charge is 2.33. The highest BCUT2D eigenvalue weighted by Crippen LogP contribution is 2.31. The van der Waals surface area contributed by atoms with Crippen molar-refractivity contribution in [3.63, 3.8) is 0 Å². The number of hydrogen-bond acceptors (Lipinski definition) is 6. The predicted octanol–water partition coefficient (Wildman–Crippen LogP) is 2.33. The van der Waals surface area contributed by atoms with Gasteiger partial charge in [-0.3, -0.25) is 0 Å². The molecule has 0 rings (SSSR count). The maximum absolute atomic E-state index is 10.4. The highest BCUT2D eigenvalue weighted by atomic mass is 32.2. The largest absolute Gasteiger partial charge is 0.391 e. The van der Waals surface area contributed by atoms with E-state index in [4.69, 9.17) is 0 Å². The van der Waals surface area contributed by atoms with E-state index in [0.29, 0.717) is 11.8 Å². The lowest BCUT2D eigenvalue weighted by atomic mass is 10.1. The van der Waals surface area contributed by atoms with Crippen molar-refractivity contribution >= 4 is 23.5 Å². The van der Waals surface area contributed by atoms with Crippen molar-refractivity contribution in [2.75, 3.05) is 11.5 Å². The fourth-order valence-electron chi connectivity index (χ4n) is 1.73. The van der Waals surface area contributed by atoms with E-state index >= 15 is 0 Å². The second-order valence-electron chi connectivity index (χ2n) is 6.69. The van der Waals surface area contributed by atoms with E-state index in [-0.39, 0.29) is 4.58 Å². The third-order valence-corrected chi connectivity index (χ3v) is 6.40. The van der Waals surface area contributed by atoms with Gasteiger partial charge >= 0.3 is 0 Å². The fraction of sp³-hybridized carbons (Fsp3) is 1.00. The smallest absolute Gasteiger partial charge is 0.110 e. The average molecular weight is 355 g/mol. The van der Waals surface area contributed by atoms with Gasteiger partial charge < -0.3 is 20.4 Å². The number of rotatable bonds is 12. The quantitative estimate of drug-likeness (QED) is 0.403. The molecule has 0 fully saturated rings. The van der Waals surface area contributed by atoms with E-state index < -0.39 is 24.4 Å². The molecule has 6 heteroatoms. The molecule has 0 aromatic carbocycles. The minimum Gasteiger partial charge on any atom is -0.391 e. The van der Waals surface area contributed by atoms with Crippen LogP contribution in [-0.2, 0) is 0 Å². The third-order valence-electron chi connectivity index (χ3n) is 3.43. The molecule has 0 saturated heterocycles. The first-order valence-electron chi connectivity index (χ1n) is 8.12. The molecular formula is C16H34O4S2. The molecule has 0 aliphatic rings. The zero-order valence-corrected chi connectivity index (χ0v) is 16.1. The van der Waals surface area contributed by atoms with Gasteiger partial charge in [-0.25, -0.2) is 0 Å². The molecule has 22 heavy (non-hydrogen) atoms. The summed E-state index contributed by atoms with van der Waals surface area (Å²) >= 11 is 3.25. The summed E-state index contributed by atoms with van der Waals surface area (Å²) in [6.45, 7) is 10.0. The van der Waals surface area contributed by atoms with Crippen molar-refractivity contribution in [1.29, 1.82) is 0 Å². The van der Waals surface area contributed by atoms with Crippen LogP contribution in [0.3, 0.4) is 0 Å². The minimum atomic E-state index is -1.33. The molecule has 4 N–H and O–H groups in total. The molecule has 0 aromatic heterocycles. The lowest BCUT2D eigenvalue weighted by Crippen LogP contribution is -2.46. The topological polar surface area (TPSA) is 80.9 Å². The van der Waals surface area contributed by atoms with Crippen LogP contribution in [-0.4, -0.2) is 60.9 Å². The van der Waals surface area contributed by atoms with Crippen LogP contribution in [0.15, 0.2) is 0 Å². The summed E-state index contributed by atoms with van der Waals surface area (Å²) in [6.07, 6.45) is -2.68. The first kappa shape index (κ1) is 22.5. The van der Waals surface area contributed by atoms with Gasteiger partial charge in [0.05, 0.1) is 10.7 Å². The van der Waals surface area contributed by atoms with Crippen LogP contribution in [0.4, 0.5) is 0 Å². The van der Waals surface area contributed by atoms with Crippen molar-refractivity contribution in [1.82, 2.24) is 0 Å². The molecule has 0 aliphatic heterocycles. The van der Waals surface area contributed by atoms with E-state index in [1.807, 2.05) is 0 Å². The average Bonchev–Trinajstić information content (AvgIpc) is 2.42. The van der Waals surface area contributed by atoms with E-state index in [2.05, 4.69) is 27.7 Å². The van der Waals surface area contributed by atoms with Gasteiger partial charge in [-0.15, -0.1) is 23.5 Å². The van der Waals surface area contributed by atoms with Gasteiger partial charge in [0, 0.05) is 0 Å². The molecule has 0 aliphatic carbocycles. The number of aliphatic hydroxyl groups is 4. The number of thioether (sulfide) groups is 2. The SMILES string of the molecule is CC(C)CCSC(SCCC(C)C)[C@@H](O)[C@H](O)[C@H](O)[C@H](C)O. The summed E-state index contributed by atoms with van der Waals surface area (Å²) in [6, 6.07) is 0. The fourth-order valence-corrected chi connectivity index (χ4v) is 5.09. The number of hydrogen-bond donors (Lipinski definition) is 4. The Labute approximate surface area is 144 Å². The van der Waals surface area contributed by atoms with Crippen LogP contribution in [0.2, 0.25) is 0 Å². The Morgan fingerprint density at radius 3 is 1.36 bits per heavy atom. The van der Waals surface area contributed by atoms with Crippen LogP contribution < -0.4 is 0 Å². The van der Waals surface area contributed by atoms with Crippen LogP contribution in [0.1, 0.15) is 47.5 Å². The van der Waals surface area contributed by atoms with E-state index in [9.17, 15) is 20.4 Å². The second-order valence-corrected chi connectivity index (χ2v) is 9.48. The van der Waals surface area contributed by atoms with Crippen molar-refractivity contribution < 1.29 is 20.4 Å². The first-order chi connectivity index (χ1) is 10.2. The Bertz CT molecular complexity index is 261. The van der Waals surface area contributed by atoms with E-state index in [1.54, 1.807) is 23.5 Å². The highest BCUT2D eigenvalue weighted by molar-refractivity contribution is 8.17. The van der Waals surface area contributed by atoms with Crippen LogP contribution in [0.5, 0.6) is 0 Å². The molecular weight excluding hydrogens is 320 g/mol. The van der Waals surface area contributed by atoms with Crippen LogP contribution >= 0.6 is 23.5 Å². The van der Waals surface area contributed by atoms with E-state index in [1.165, 1.54) is 6.92 Å². The molecule has 0 spiro atoms. The van der Waals surface area contributed by atoms with Crippen molar-refractivity contribution in [2.24, 2.45) is 11.8 Å². The summed E-state index contributed by atoms with van der Waals surface area (Å²) < 4.78 is -0.194. The van der Waals surface area contributed by atoms with Gasteiger partial charge in [0.25, 0.3) is 0 Å². The van der Waals surface area contributed by atoms with Gasteiger partial charge in [-0.05, 0) is 43.1 Å². The molecule has 0 bridgehead atoms. The lowest BCUT2D eigenvalue weighted by molar-refractivity contribution is -0.0952. The van der Waals surface area contributed by atoms with Gasteiger partial charge in [0.2, 0.25) is 0 Å². The zero-order valence-electron chi connectivity index (χ0n) is 14.5. The molecule has 0 unspecified atom stereocenters. The summed E-state index contributed by atoms with van der Waals surface area (Å²) in [5.41, 5.74) is 0. The molecule has 0 amide bonds. The maximum atomic E-state index is 10.4. The molecule has 134 valence electrons. The predicted molar refractivity (Wildman–Crippen MR) is 97.3 cm³/mol. The van der Waals surface area contributed by atoms with Gasteiger partial charge in [-0.2, -0.15) is 0 Å². The molecule has 0 radical (unpaired) electrons. The monoisotopic (exact) mass is 354 g/mol. The summed E-state index contributed by atoms with van der Waals surface area (Å²) in [7, 11) is 0. The maximum Gasteiger partial charge on any atom is 0.110 e. The molecule has 4 atom stereocenters. The lowest BCUT2D eigenvalue weighted by Gasteiger charge is -2.30. The van der Waals surface area contributed by atoms with Crippen LogP contribution in [0.25, 0.3) is 0 Å². The summed E-state index contributed by atoms with van der Waals surface area (Å²) in [4.78, 5) is 0. The summed E-state index contributed by atoms with van der Waals surface area (Å²) in [5.74, 6) is 3.01. The first-order valence-corrected chi connectivity index (χ1v) is 10.2. The van der Waals surface area contributed by atoms with Gasteiger partial charge in [0.1, 0.15) is 18.3 Å². The zero-order chi connectivity index (χ0) is 17.3. The van der Waals surface area contributed by atoms with Crippen molar-refractivity contribution in [3.05, 3.63) is 0 Å². The van der Waals surface area contributed by atoms with Crippen molar-refractivity contribution in [3.8, 4) is 0 Å². The normalized spacial score (nSPS) is 18.0. The van der Waals surface area contributed by atoms with Crippen molar-refractivity contribution in [2.45, 2.75) is 76.5 Å². The summed E-state index contributed by atoms with van der Waals surface area (Å²) in [5, 5.41) is 39.6. The van der Waals surface area contributed by atoms with Crippen LogP contribution in [0, 0.1) is 11.8 Å². The Kier molecular flexibility index (Phi) is 12.3. The minimum absolute atomic E-state index is 0.194. The molecule has 0 saturated carbocycles. The van der Waals surface area contributed by atoms with Gasteiger partial charge in [0.15, 0.2) is 0 Å².